The fraction of sp³-hybridized carbons (Fsp3) is 0.179. The Labute approximate surface area is 362 Å². The third kappa shape index (κ3) is 9.96. The lowest BCUT2D eigenvalue weighted by Gasteiger charge is -2.31. The van der Waals surface area contributed by atoms with Gasteiger partial charge in [0, 0.05) is 21.6 Å². The van der Waals surface area contributed by atoms with E-state index in [1.165, 1.54) is 72.8 Å². The average Bonchev–Trinajstić information content (AvgIpc) is 3.64. The first-order valence-electron chi connectivity index (χ1n) is 20.8. The van der Waals surface area contributed by atoms with Crippen LogP contribution in [0.1, 0.15) is 47.6 Å². The van der Waals surface area contributed by atoms with Crippen molar-refractivity contribution in [3.63, 3.8) is 0 Å². The molecule has 2 heterocycles. The lowest BCUT2D eigenvalue weighted by atomic mass is 9.90. The first kappa shape index (κ1) is 41.7. The van der Waals surface area contributed by atoms with Crippen molar-refractivity contribution in [1.82, 2.24) is 0 Å². The topological polar surface area (TPSA) is 9.23 Å². The molecule has 0 saturated carbocycles. The van der Waals surface area contributed by atoms with Crippen molar-refractivity contribution in [3.8, 4) is 16.9 Å². The van der Waals surface area contributed by atoms with E-state index in [-0.39, 0.29) is 6.10 Å². The summed E-state index contributed by atoms with van der Waals surface area (Å²) in [5, 5.41) is 5.99. The zero-order valence-corrected chi connectivity index (χ0v) is 35.7. The summed E-state index contributed by atoms with van der Waals surface area (Å²) in [6.45, 7) is 8.40. The van der Waals surface area contributed by atoms with Crippen molar-refractivity contribution in [2.24, 2.45) is 5.92 Å². The van der Waals surface area contributed by atoms with E-state index in [9.17, 15) is 13.2 Å². The van der Waals surface area contributed by atoms with Crippen LogP contribution in [0.5, 0.6) is 5.75 Å². The highest BCUT2D eigenvalue weighted by Gasteiger charge is 2.32. The standard InChI is InChI=1S/C15H12.C14H11F3.C14H14S.C13H12O/c1-11-6-9-15-13(10-11)8-7-12-4-2-3-5-14(12)15;1-10-2-4-11(5-3-10)12-6-8-13(9-7-12)14(15,16)17;1-10-6-7-14-12(8-10)9-11-4-2-3-5-13(11)15-14;1-9-6-7-11-10-4-2-3-5-12(10)14-13(11)8-9/h2-10H,1H3;2-9H,1H3;2-8,12,14H,9H2,1H3;2-8,11,13H,1H3. The molecule has 0 N–H and O–H groups in total. The van der Waals surface area contributed by atoms with Gasteiger partial charge in [-0.25, -0.2) is 0 Å². The monoisotopic (exact) mass is 826 g/mol. The molecule has 306 valence electrons. The van der Waals surface area contributed by atoms with E-state index in [0.29, 0.717) is 17.1 Å². The van der Waals surface area contributed by atoms with Crippen molar-refractivity contribution < 1.29 is 17.9 Å². The van der Waals surface area contributed by atoms with Gasteiger partial charge in [-0.3, -0.25) is 0 Å². The Bertz CT molecular complexity index is 2770. The molecular weight excluding hydrogens is 778 g/mol. The minimum Gasteiger partial charge on any atom is -0.485 e. The van der Waals surface area contributed by atoms with Crippen LogP contribution in [0.3, 0.4) is 0 Å². The van der Waals surface area contributed by atoms with E-state index in [0.717, 1.165) is 34.6 Å². The van der Waals surface area contributed by atoms with Crippen molar-refractivity contribution in [3.05, 3.63) is 227 Å². The maximum absolute atomic E-state index is 12.4. The molecule has 0 fully saturated rings. The smallest absolute Gasteiger partial charge is 0.416 e. The Morgan fingerprint density at radius 2 is 1.20 bits per heavy atom. The number of alkyl halides is 3. The van der Waals surface area contributed by atoms with Gasteiger partial charge in [-0.2, -0.15) is 13.2 Å². The van der Waals surface area contributed by atoms with Crippen LogP contribution in [0.15, 0.2) is 204 Å². The fourth-order valence-corrected chi connectivity index (χ4v) is 9.54. The first-order chi connectivity index (χ1) is 29.5. The van der Waals surface area contributed by atoms with Gasteiger partial charge in [-0.15, -0.1) is 11.8 Å². The largest absolute Gasteiger partial charge is 0.485 e. The summed E-state index contributed by atoms with van der Waals surface area (Å²) in [6, 6.07) is 49.5. The Hall–Kier alpha value is -6.04. The third-order valence-electron chi connectivity index (χ3n) is 11.5. The molecule has 7 aromatic rings. The van der Waals surface area contributed by atoms with Crippen LogP contribution in [-0.4, -0.2) is 11.4 Å². The lowest BCUT2D eigenvalue weighted by molar-refractivity contribution is -0.137. The molecule has 0 amide bonds. The molecule has 4 unspecified atom stereocenters. The zero-order valence-electron chi connectivity index (χ0n) is 34.9. The molecular formula is C56H49F3OS. The normalized spacial score (nSPS) is 19.1. The number of fused-ring (bicyclic) bond motifs is 8. The first-order valence-corrected chi connectivity index (χ1v) is 21.7. The van der Waals surface area contributed by atoms with E-state index in [2.05, 4.69) is 148 Å². The number of allylic oxidation sites excluding steroid dienone is 5. The van der Waals surface area contributed by atoms with Crippen LogP contribution in [0.4, 0.5) is 13.2 Å². The van der Waals surface area contributed by atoms with Gasteiger partial charge in [0.15, 0.2) is 0 Å². The summed E-state index contributed by atoms with van der Waals surface area (Å²) in [5.41, 5.74) is 9.07. The van der Waals surface area contributed by atoms with Crippen LogP contribution in [-0.2, 0) is 12.6 Å². The molecule has 11 rings (SSSR count). The number of halogens is 3. The van der Waals surface area contributed by atoms with E-state index in [4.69, 9.17) is 4.74 Å². The summed E-state index contributed by atoms with van der Waals surface area (Å²) >= 11 is 2.01. The summed E-state index contributed by atoms with van der Waals surface area (Å²) < 4.78 is 43.0. The molecule has 0 spiro atoms. The van der Waals surface area contributed by atoms with Crippen molar-refractivity contribution >= 4 is 33.3 Å². The second kappa shape index (κ2) is 18.3. The number of hydrogen-bond acceptors (Lipinski definition) is 2. The Balaban J connectivity index is 0.000000112. The van der Waals surface area contributed by atoms with Crippen LogP contribution < -0.4 is 4.74 Å². The molecule has 7 aromatic carbocycles. The molecule has 0 saturated heterocycles. The quantitative estimate of drug-likeness (QED) is 0.153. The molecule has 2 aliphatic carbocycles. The van der Waals surface area contributed by atoms with Gasteiger partial charge in [0.05, 0.1) is 5.56 Å². The zero-order chi connectivity index (χ0) is 42.5. The van der Waals surface area contributed by atoms with Gasteiger partial charge in [-0.1, -0.05) is 180 Å². The van der Waals surface area contributed by atoms with Crippen molar-refractivity contribution in [2.45, 2.75) is 62.5 Å². The molecule has 1 nitrogen and oxygen atoms in total. The van der Waals surface area contributed by atoms with Gasteiger partial charge in [0.1, 0.15) is 11.9 Å². The number of para-hydroxylation sites is 1. The molecule has 0 radical (unpaired) electrons. The molecule has 5 heteroatoms. The Morgan fingerprint density at radius 1 is 0.574 bits per heavy atom. The number of hydrogen-bond donors (Lipinski definition) is 0. The summed E-state index contributed by atoms with van der Waals surface area (Å²) in [4.78, 5) is 1.47. The van der Waals surface area contributed by atoms with Gasteiger partial charge < -0.3 is 4.74 Å². The number of benzene rings is 7. The second-order valence-corrected chi connectivity index (χ2v) is 17.4. The maximum atomic E-state index is 12.4. The van der Waals surface area contributed by atoms with Crippen LogP contribution in [0.25, 0.3) is 32.7 Å². The molecule has 0 bridgehead atoms. The highest BCUT2D eigenvalue weighted by atomic mass is 32.2. The van der Waals surface area contributed by atoms with Crippen LogP contribution in [0.2, 0.25) is 0 Å². The van der Waals surface area contributed by atoms with E-state index < -0.39 is 11.7 Å². The number of thioether (sulfide) groups is 1. The predicted octanol–water partition coefficient (Wildman–Crippen LogP) is 15.9. The lowest BCUT2D eigenvalue weighted by Crippen LogP contribution is -2.22. The second-order valence-electron chi connectivity index (χ2n) is 16.2. The summed E-state index contributed by atoms with van der Waals surface area (Å²) in [7, 11) is 0. The van der Waals surface area contributed by atoms with Crippen molar-refractivity contribution in [2.75, 3.05) is 0 Å². The third-order valence-corrected chi connectivity index (χ3v) is 13.0. The highest BCUT2D eigenvalue weighted by molar-refractivity contribution is 8.00. The minimum absolute atomic E-state index is 0.220. The van der Waals surface area contributed by atoms with E-state index in [1.807, 2.05) is 55.1 Å². The molecule has 4 atom stereocenters. The van der Waals surface area contributed by atoms with E-state index in [1.54, 1.807) is 0 Å². The Morgan fingerprint density at radius 3 is 1.98 bits per heavy atom. The van der Waals surface area contributed by atoms with Crippen molar-refractivity contribution in [1.29, 1.82) is 0 Å². The minimum atomic E-state index is -4.27. The van der Waals surface area contributed by atoms with Gasteiger partial charge >= 0.3 is 6.18 Å². The number of rotatable bonds is 1. The van der Waals surface area contributed by atoms with Gasteiger partial charge in [0.2, 0.25) is 0 Å². The SMILES string of the molecule is CC1=CC2Cc3ccccc3SC2C=C1.CC1=CC2Oc3ccccc3C2C=C1.Cc1ccc(-c2ccc(C(F)(F)F)cc2)cc1.Cc1ccc2c(ccc3ccccc32)c1. The summed E-state index contributed by atoms with van der Waals surface area (Å²) in [6.07, 6.45) is 10.8. The molecule has 2 aliphatic heterocycles. The maximum Gasteiger partial charge on any atom is 0.416 e. The Kier molecular flexibility index (Phi) is 12.5. The van der Waals surface area contributed by atoms with Crippen LogP contribution >= 0.6 is 11.8 Å². The average molecular weight is 827 g/mol. The van der Waals surface area contributed by atoms with Gasteiger partial charge in [0.25, 0.3) is 0 Å². The fourth-order valence-electron chi connectivity index (χ4n) is 8.28. The molecule has 0 aromatic heterocycles. The summed E-state index contributed by atoms with van der Waals surface area (Å²) in [5.74, 6) is 2.17. The van der Waals surface area contributed by atoms with Crippen LogP contribution in [0, 0.1) is 19.8 Å². The molecule has 4 aliphatic rings. The number of ether oxygens (including phenoxy) is 1. The van der Waals surface area contributed by atoms with Gasteiger partial charge in [-0.05, 0) is 109 Å². The highest BCUT2D eigenvalue weighted by Crippen LogP contribution is 2.43. The predicted molar refractivity (Wildman–Crippen MR) is 250 cm³/mol. The molecule has 61 heavy (non-hydrogen) atoms. The van der Waals surface area contributed by atoms with E-state index >= 15 is 0 Å². The number of aryl methyl sites for hydroxylation is 2.